The van der Waals surface area contributed by atoms with E-state index in [1.165, 1.54) is 18.2 Å². The van der Waals surface area contributed by atoms with Crippen molar-refractivity contribution in [1.82, 2.24) is 4.72 Å². The molecule has 1 aliphatic rings. The highest BCUT2D eigenvalue weighted by Gasteiger charge is 2.28. The first-order valence-corrected chi connectivity index (χ1v) is 7.94. The third-order valence-corrected chi connectivity index (χ3v) is 4.48. The van der Waals surface area contributed by atoms with E-state index in [0.717, 1.165) is 0 Å². The summed E-state index contributed by atoms with van der Waals surface area (Å²) >= 11 is 0. The first-order chi connectivity index (χ1) is 9.81. The van der Waals surface area contributed by atoms with Crippen LogP contribution in [0.5, 0.6) is 11.5 Å². The van der Waals surface area contributed by atoms with Gasteiger partial charge in [-0.3, -0.25) is 4.79 Å². The van der Waals surface area contributed by atoms with Gasteiger partial charge in [-0.1, -0.05) is 13.8 Å². The molecule has 0 aromatic heterocycles. The van der Waals surface area contributed by atoms with E-state index in [4.69, 9.17) is 14.6 Å². The SMILES string of the molecule is CC(C)C(NS(=O)(=O)c1ccc2c(c1)OCCO2)C(=O)O. The number of benzene rings is 1. The molecule has 1 unspecified atom stereocenters. The lowest BCUT2D eigenvalue weighted by Gasteiger charge is -2.20. The molecule has 0 amide bonds. The standard InChI is InChI=1S/C13H17NO6S/c1-8(2)12(13(15)16)14-21(17,18)9-3-4-10-11(7-9)20-6-5-19-10/h3-4,7-8,12,14H,5-6H2,1-2H3,(H,15,16). The van der Waals surface area contributed by atoms with Crippen molar-refractivity contribution in [2.45, 2.75) is 24.8 Å². The van der Waals surface area contributed by atoms with E-state index in [0.29, 0.717) is 24.7 Å². The molecule has 0 aliphatic carbocycles. The molecule has 7 nitrogen and oxygen atoms in total. The van der Waals surface area contributed by atoms with E-state index in [1.807, 2.05) is 0 Å². The van der Waals surface area contributed by atoms with Gasteiger partial charge < -0.3 is 14.6 Å². The molecule has 1 aromatic carbocycles. The summed E-state index contributed by atoms with van der Waals surface area (Å²) in [6, 6.07) is 2.99. The van der Waals surface area contributed by atoms with E-state index in [-0.39, 0.29) is 10.8 Å². The van der Waals surface area contributed by atoms with E-state index < -0.39 is 22.0 Å². The minimum Gasteiger partial charge on any atom is -0.486 e. The van der Waals surface area contributed by atoms with Gasteiger partial charge in [0.1, 0.15) is 19.3 Å². The highest BCUT2D eigenvalue weighted by Crippen LogP contribution is 2.32. The lowest BCUT2D eigenvalue weighted by molar-refractivity contribution is -0.140. The van der Waals surface area contributed by atoms with Crippen molar-refractivity contribution < 1.29 is 27.8 Å². The van der Waals surface area contributed by atoms with Crippen LogP contribution in [0, 0.1) is 5.92 Å². The fraction of sp³-hybridized carbons (Fsp3) is 0.462. The number of hydrogen-bond donors (Lipinski definition) is 2. The lowest BCUT2D eigenvalue weighted by Crippen LogP contribution is -2.44. The van der Waals surface area contributed by atoms with Crippen LogP contribution >= 0.6 is 0 Å². The predicted octanol–water partition coefficient (Wildman–Crippen LogP) is 0.845. The highest BCUT2D eigenvalue weighted by molar-refractivity contribution is 7.89. The van der Waals surface area contributed by atoms with Crippen LogP contribution in [0.15, 0.2) is 23.1 Å². The topological polar surface area (TPSA) is 102 Å². The molecule has 21 heavy (non-hydrogen) atoms. The predicted molar refractivity (Wildman–Crippen MR) is 74.0 cm³/mol. The average Bonchev–Trinajstić information content (AvgIpc) is 2.43. The van der Waals surface area contributed by atoms with Gasteiger partial charge in [-0.25, -0.2) is 8.42 Å². The molecule has 1 aliphatic heterocycles. The number of carboxylic acid groups (broad SMARTS) is 1. The Balaban J connectivity index is 2.29. The molecule has 1 aromatic rings. The summed E-state index contributed by atoms with van der Waals surface area (Å²) < 4.78 is 37.4. The van der Waals surface area contributed by atoms with Gasteiger partial charge in [0.05, 0.1) is 4.90 Å². The van der Waals surface area contributed by atoms with Crippen LogP contribution in [-0.2, 0) is 14.8 Å². The van der Waals surface area contributed by atoms with Gasteiger partial charge in [-0.05, 0) is 18.1 Å². The van der Waals surface area contributed by atoms with Crippen molar-refractivity contribution in [3.63, 3.8) is 0 Å². The number of rotatable bonds is 5. The summed E-state index contributed by atoms with van der Waals surface area (Å²) in [5, 5.41) is 9.07. The van der Waals surface area contributed by atoms with Crippen LogP contribution < -0.4 is 14.2 Å². The Hall–Kier alpha value is -1.80. The third kappa shape index (κ3) is 3.45. The zero-order valence-electron chi connectivity index (χ0n) is 11.7. The van der Waals surface area contributed by atoms with Crippen LogP contribution in [0.4, 0.5) is 0 Å². The average molecular weight is 315 g/mol. The van der Waals surface area contributed by atoms with Crippen LogP contribution in [0.1, 0.15) is 13.8 Å². The number of sulfonamides is 1. The van der Waals surface area contributed by atoms with Gasteiger partial charge in [0, 0.05) is 6.07 Å². The van der Waals surface area contributed by atoms with Gasteiger partial charge in [0.25, 0.3) is 0 Å². The molecule has 0 radical (unpaired) electrons. The summed E-state index contributed by atoms with van der Waals surface area (Å²) in [5.41, 5.74) is 0. The molecule has 8 heteroatoms. The van der Waals surface area contributed by atoms with Crippen molar-refractivity contribution in [3.05, 3.63) is 18.2 Å². The van der Waals surface area contributed by atoms with Gasteiger partial charge >= 0.3 is 5.97 Å². The highest BCUT2D eigenvalue weighted by atomic mass is 32.2. The van der Waals surface area contributed by atoms with Gasteiger partial charge in [0.15, 0.2) is 11.5 Å². The molecule has 2 rings (SSSR count). The molecule has 0 bridgehead atoms. The first kappa shape index (κ1) is 15.6. The number of fused-ring (bicyclic) bond motifs is 1. The first-order valence-electron chi connectivity index (χ1n) is 6.46. The maximum absolute atomic E-state index is 12.3. The summed E-state index contributed by atoms with van der Waals surface area (Å²) in [7, 11) is -3.95. The van der Waals surface area contributed by atoms with Gasteiger partial charge in [-0.15, -0.1) is 0 Å². The van der Waals surface area contributed by atoms with Gasteiger partial charge in [0.2, 0.25) is 10.0 Å². The normalized spacial score (nSPS) is 15.8. The number of nitrogens with one attached hydrogen (secondary N) is 1. The molecular weight excluding hydrogens is 298 g/mol. The Morgan fingerprint density at radius 1 is 1.24 bits per heavy atom. The van der Waals surface area contributed by atoms with Crippen LogP contribution in [0.25, 0.3) is 0 Å². The number of hydrogen-bond acceptors (Lipinski definition) is 5. The second kappa shape index (κ2) is 5.90. The largest absolute Gasteiger partial charge is 0.486 e. The van der Waals surface area contributed by atoms with E-state index >= 15 is 0 Å². The Labute approximate surface area is 122 Å². The summed E-state index contributed by atoms with van der Waals surface area (Å²) in [4.78, 5) is 11.1. The third-order valence-electron chi connectivity index (χ3n) is 3.04. The van der Waals surface area contributed by atoms with E-state index in [1.54, 1.807) is 13.8 Å². The quantitative estimate of drug-likeness (QED) is 0.835. The molecule has 0 spiro atoms. The Morgan fingerprint density at radius 2 is 1.86 bits per heavy atom. The van der Waals surface area contributed by atoms with Crippen molar-refractivity contribution in [1.29, 1.82) is 0 Å². The van der Waals surface area contributed by atoms with Crippen LogP contribution in [0.3, 0.4) is 0 Å². The van der Waals surface area contributed by atoms with Gasteiger partial charge in [-0.2, -0.15) is 4.72 Å². The van der Waals surface area contributed by atoms with Crippen molar-refractivity contribution in [2.75, 3.05) is 13.2 Å². The van der Waals surface area contributed by atoms with Crippen LogP contribution in [-0.4, -0.2) is 38.7 Å². The zero-order valence-corrected chi connectivity index (χ0v) is 12.5. The number of carbonyl (C=O) groups is 1. The molecule has 2 N–H and O–H groups in total. The molecule has 0 saturated carbocycles. The second-order valence-electron chi connectivity index (χ2n) is 4.99. The molecule has 0 fully saturated rings. The Bertz CT molecular complexity index is 640. The summed E-state index contributed by atoms with van der Waals surface area (Å²) in [6.45, 7) is 4.01. The molecule has 1 atom stereocenters. The fourth-order valence-electron chi connectivity index (χ4n) is 1.90. The van der Waals surface area contributed by atoms with Crippen molar-refractivity contribution in [3.8, 4) is 11.5 Å². The monoisotopic (exact) mass is 315 g/mol. The van der Waals surface area contributed by atoms with Crippen LogP contribution in [0.2, 0.25) is 0 Å². The lowest BCUT2D eigenvalue weighted by atomic mass is 10.1. The summed E-state index contributed by atoms with van der Waals surface area (Å²) in [6.07, 6.45) is 0. The maximum Gasteiger partial charge on any atom is 0.322 e. The molecule has 0 saturated heterocycles. The smallest absolute Gasteiger partial charge is 0.322 e. The van der Waals surface area contributed by atoms with E-state index in [9.17, 15) is 13.2 Å². The molecular formula is C13H17NO6S. The number of aliphatic carboxylic acids is 1. The number of ether oxygens (including phenoxy) is 2. The fourth-order valence-corrected chi connectivity index (χ4v) is 3.25. The second-order valence-corrected chi connectivity index (χ2v) is 6.70. The van der Waals surface area contributed by atoms with Crippen molar-refractivity contribution in [2.24, 2.45) is 5.92 Å². The minimum absolute atomic E-state index is 0.0568. The zero-order chi connectivity index (χ0) is 15.6. The number of carboxylic acids is 1. The Kier molecular flexibility index (Phi) is 4.38. The molecule has 116 valence electrons. The molecule has 1 heterocycles. The van der Waals surface area contributed by atoms with E-state index in [2.05, 4.69) is 4.72 Å². The summed E-state index contributed by atoms with van der Waals surface area (Å²) in [5.74, 6) is -0.792. The van der Waals surface area contributed by atoms with Crippen molar-refractivity contribution >= 4 is 16.0 Å². The maximum atomic E-state index is 12.3. The minimum atomic E-state index is -3.95. The Morgan fingerprint density at radius 3 is 2.43 bits per heavy atom.